The van der Waals surface area contributed by atoms with Crippen LogP contribution >= 0.6 is 0 Å². The molecule has 2 aliphatic rings. The highest BCUT2D eigenvalue weighted by Crippen LogP contribution is 2.47. The van der Waals surface area contributed by atoms with E-state index in [1.54, 1.807) is 0 Å². The first kappa shape index (κ1) is 27.5. The predicted molar refractivity (Wildman–Crippen MR) is 200 cm³/mol. The van der Waals surface area contributed by atoms with Crippen LogP contribution < -0.4 is 5.15 Å². The normalized spacial score (nSPS) is 14.8. The Bertz CT molecular complexity index is 3020. The maximum atomic E-state index is 18.1. The Kier molecular flexibility index (Phi) is 5.37. The number of hydrogen-bond acceptors (Lipinski definition) is 1. The van der Waals surface area contributed by atoms with Gasteiger partial charge in [0, 0.05) is 22.1 Å². The minimum absolute atomic E-state index is 0.226. The van der Waals surface area contributed by atoms with Gasteiger partial charge in [0.1, 0.15) is 14.7 Å². The lowest BCUT2D eigenvalue weighted by Crippen LogP contribution is -2.56. The molecule has 8 aromatic carbocycles. The zero-order valence-electron chi connectivity index (χ0n) is 26.6. The Morgan fingerprint density at radius 3 is 1.52 bits per heavy atom. The van der Waals surface area contributed by atoms with Crippen molar-refractivity contribution in [3.8, 4) is 11.3 Å². The Morgan fingerprint density at radius 2 is 0.920 bits per heavy atom. The summed E-state index contributed by atoms with van der Waals surface area (Å²) in [5.41, 5.74) is 3.63. The minimum Gasteiger partial charge on any atom is -0.0616 e. The van der Waals surface area contributed by atoms with Gasteiger partial charge in [-0.3, -0.25) is 0 Å². The molecular formula is C44H26F2N4+2. The fraction of sp³-hybridized carbons (Fsp3) is 0. The van der Waals surface area contributed by atoms with Gasteiger partial charge < -0.3 is 0 Å². The smallest absolute Gasteiger partial charge is 0.0616 e. The number of benzene rings is 8. The first-order chi connectivity index (χ1) is 24.5. The number of aliphatic imine (C=N–C) groups is 1. The lowest BCUT2D eigenvalue weighted by molar-refractivity contribution is -0.735. The maximum absolute atomic E-state index is 18.1. The Hall–Kier alpha value is -6.50. The number of quaternary nitrogens is 1. The summed E-state index contributed by atoms with van der Waals surface area (Å²) < 4.78 is 38.4. The fourth-order valence-corrected chi connectivity index (χ4v) is 8.01. The quantitative estimate of drug-likeness (QED) is 0.131. The topological polar surface area (TPSA) is 20.3 Å². The van der Waals surface area contributed by atoms with Gasteiger partial charge in [0.2, 0.25) is 5.71 Å². The van der Waals surface area contributed by atoms with Crippen LogP contribution in [0.1, 0.15) is 16.7 Å². The lowest BCUT2D eigenvalue weighted by atomic mass is 9.95. The molecule has 0 saturated heterocycles. The molecule has 6 heteroatoms. The summed E-state index contributed by atoms with van der Waals surface area (Å²) >= 11 is 0. The van der Waals surface area contributed by atoms with Gasteiger partial charge in [0.15, 0.2) is 0 Å². The van der Waals surface area contributed by atoms with Gasteiger partial charge in [-0.15, -0.1) is 0 Å². The summed E-state index contributed by atoms with van der Waals surface area (Å²) in [5, 5.41) is 6.78. The molecule has 0 fully saturated rings. The van der Waals surface area contributed by atoms with Gasteiger partial charge in [0.05, 0.1) is 15.6 Å². The molecule has 50 heavy (non-hydrogen) atoms. The third-order valence-electron chi connectivity index (χ3n) is 10.3. The van der Waals surface area contributed by atoms with Crippen molar-refractivity contribution in [3.05, 3.63) is 174 Å². The van der Waals surface area contributed by atoms with Crippen molar-refractivity contribution in [1.82, 2.24) is 9.82 Å². The second kappa shape index (κ2) is 9.78. The van der Waals surface area contributed by atoms with Crippen molar-refractivity contribution in [1.29, 1.82) is 0 Å². The molecule has 0 atom stereocenters. The monoisotopic (exact) mass is 648 g/mol. The van der Waals surface area contributed by atoms with Crippen LogP contribution in [-0.2, 0) is 0 Å². The molecule has 1 aromatic heterocycles. The van der Waals surface area contributed by atoms with Crippen molar-refractivity contribution >= 4 is 71.2 Å². The molecule has 0 spiro atoms. The van der Waals surface area contributed by atoms with Gasteiger partial charge in [-0.25, -0.2) is 0 Å². The van der Waals surface area contributed by atoms with Crippen LogP contribution in [-0.4, -0.2) is 20.9 Å². The van der Waals surface area contributed by atoms with Crippen molar-refractivity contribution in [2.24, 2.45) is 4.99 Å². The number of amidine groups is 1. The average Bonchev–Trinajstić information content (AvgIpc) is 3.65. The molecule has 0 unspecified atom stereocenters. The van der Waals surface area contributed by atoms with Crippen LogP contribution in [0.3, 0.4) is 0 Å². The molecule has 2 aliphatic heterocycles. The summed E-state index contributed by atoms with van der Waals surface area (Å²) in [7, 11) is 0. The molecule has 9 aromatic rings. The second-order valence-corrected chi connectivity index (χ2v) is 13.1. The minimum atomic E-state index is -2.59. The van der Waals surface area contributed by atoms with E-state index in [1.165, 1.54) is 0 Å². The molecule has 11 rings (SSSR count). The van der Waals surface area contributed by atoms with E-state index < -0.39 is 5.15 Å². The van der Waals surface area contributed by atoms with Gasteiger partial charge in [-0.2, -0.15) is 0 Å². The number of nitrogens with zero attached hydrogens (tertiary/aromatic N) is 4. The van der Waals surface area contributed by atoms with Crippen molar-refractivity contribution in [3.63, 3.8) is 0 Å². The van der Waals surface area contributed by atoms with Crippen LogP contribution in [0.15, 0.2) is 163 Å². The zero-order chi connectivity index (χ0) is 33.1. The first-order valence-corrected chi connectivity index (χ1v) is 16.7. The highest BCUT2D eigenvalue weighted by atomic mass is 19.4. The van der Waals surface area contributed by atoms with Crippen LogP contribution in [0.25, 0.3) is 65.1 Å². The summed E-state index contributed by atoms with van der Waals surface area (Å²) in [6, 6.07) is 52.0. The molecule has 0 N–H and O–H groups in total. The van der Waals surface area contributed by atoms with E-state index in [2.05, 4.69) is 0 Å². The highest BCUT2D eigenvalue weighted by Gasteiger charge is 2.61. The SMILES string of the molecule is F[N+]1(F)n2c(c3cc4ccccc4cc3c2-c2ccc3ccccc3c2)N=C2c3cc4ccccc4cc3C(c3ccc4ccccc4c3)=[N+]21. The first-order valence-electron chi connectivity index (χ1n) is 16.7. The van der Waals surface area contributed by atoms with E-state index >= 15 is 8.96 Å². The largest absolute Gasteiger partial charge is 0.394 e. The number of aromatic nitrogens is 1. The van der Waals surface area contributed by atoms with E-state index in [-0.39, 0.29) is 11.7 Å². The third kappa shape index (κ3) is 3.71. The molecule has 0 saturated carbocycles. The van der Waals surface area contributed by atoms with Crippen LogP contribution in [0.5, 0.6) is 0 Å². The van der Waals surface area contributed by atoms with E-state index in [0.717, 1.165) is 63.4 Å². The third-order valence-corrected chi connectivity index (χ3v) is 10.3. The summed E-state index contributed by atoms with van der Waals surface area (Å²) in [5.74, 6) is 0.452. The Balaban J connectivity index is 1.29. The maximum Gasteiger partial charge on any atom is 0.394 e. The summed E-state index contributed by atoms with van der Waals surface area (Å²) in [4.78, 5) is 5.22. The zero-order valence-corrected chi connectivity index (χ0v) is 26.6. The number of fused-ring (bicyclic) bond motifs is 10. The molecule has 3 heterocycles. The number of hydrogen-bond donors (Lipinski definition) is 0. The highest BCUT2D eigenvalue weighted by molar-refractivity contribution is 6.25. The van der Waals surface area contributed by atoms with Crippen LogP contribution in [0.4, 0.5) is 14.8 Å². The molecular weight excluding hydrogens is 623 g/mol. The van der Waals surface area contributed by atoms with E-state index in [9.17, 15) is 0 Å². The van der Waals surface area contributed by atoms with Gasteiger partial charge in [-0.05, 0) is 95.2 Å². The molecule has 0 radical (unpaired) electrons. The lowest BCUT2D eigenvalue weighted by Gasteiger charge is -2.18. The van der Waals surface area contributed by atoms with Gasteiger partial charge >= 0.3 is 16.8 Å². The van der Waals surface area contributed by atoms with Crippen LogP contribution in [0, 0.1) is 0 Å². The standard InChI is InChI=1S/C44H26F2N4/c45-50(46)48-41(35-19-17-27-9-1-3-11-29(27)21-35)37-23-31-13-5-7-15-33(31)25-39(37)43(48)47-44-40-26-34-16-8-6-14-32(34)24-38(40)42(49(44)50)36-20-18-28-10-2-4-12-30(28)22-36/h1-26H/q+2. The van der Waals surface area contributed by atoms with Crippen molar-refractivity contribution < 1.29 is 13.6 Å². The molecule has 0 aliphatic carbocycles. The Morgan fingerprint density at radius 1 is 0.460 bits per heavy atom. The van der Waals surface area contributed by atoms with E-state index in [0.29, 0.717) is 33.5 Å². The van der Waals surface area contributed by atoms with Crippen molar-refractivity contribution in [2.45, 2.75) is 0 Å². The van der Waals surface area contributed by atoms with Crippen molar-refractivity contribution in [2.75, 3.05) is 0 Å². The molecule has 234 valence electrons. The molecule has 4 nitrogen and oxygen atoms in total. The van der Waals surface area contributed by atoms with E-state index in [4.69, 9.17) is 4.99 Å². The summed E-state index contributed by atoms with van der Waals surface area (Å²) in [6.45, 7) is 0. The Labute approximate surface area is 284 Å². The fourth-order valence-electron chi connectivity index (χ4n) is 8.01. The number of halogens is 2. The second-order valence-electron chi connectivity index (χ2n) is 13.1. The predicted octanol–water partition coefficient (Wildman–Crippen LogP) is 11.0. The van der Waals surface area contributed by atoms with Gasteiger partial charge in [-0.1, -0.05) is 115 Å². The van der Waals surface area contributed by atoms with E-state index in [1.807, 2.05) is 158 Å². The van der Waals surface area contributed by atoms with Gasteiger partial charge in [0.25, 0.3) is 0 Å². The average molecular weight is 649 g/mol. The molecule has 0 amide bonds. The molecule has 0 bridgehead atoms. The van der Waals surface area contributed by atoms with Crippen LogP contribution in [0.2, 0.25) is 0 Å². The summed E-state index contributed by atoms with van der Waals surface area (Å²) in [6.07, 6.45) is 0. The number of rotatable bonds is 2.